The lowest BCUT2D eigenvalue weighted by Crippen LogP contribution is -2.09. The molecule has 0 saturated heterocycles. The van der Waals surface area contributed by atoms with Gasteiger partial charge in [-0.3, -0.25) is 0 Å². The number of imidazole rings is 1. The van der Waals surface area contributed by atoms with Gasteiger partial charge in [0.1, 0.15) is 17.7 Å². The number of hydrogen-bond acceptors (Lipinski definition) is 8. The van der Waals surface area contributed by atoms with Crippen LogP contribution in [0.3, 0.4) is 0 Å². The van der Waals surface area contributed by atoms with Crippen molar-refractivity contribution in [3.8, 4) is 17.1 Å². The van der Waals surface area contributed by atoms with Gasteiger partial charge in [0.05, 0.1) is 29.0 Å². The van der Waals surface area contributed by atoms with Gasteiger partial charge in [0.2, 0.25) is 0 Å². The van der Waals surface area contributed by atoms with Gasteiger partial charge >= 0.3 is 6.18 Å². The Morgan fingerprint density at radius 3 is 2.53 bits per heavy atom. The molecule has 13 heteroatoms. The van der Waals surface area contributed by atoms with Gasteiger partial charge in [0.15, 0.2) is 17.3 Å². The van der Waals surface area contributed by atoms with E-state index in [2.05, 4.69) is 35.3 Å². The summed E-state index contributed by atoms with van der Waals surface area (Å²) in [5.74, 6) is 0.502. The standard InChI is InChI=1S/C25H23F3N10/c1-3-17-18(19(15-6-7-15)31-11-30-17)21-35-22(20-23(36-21)33-12-32-20)29-10-14-4-8-16(9-5-14)38-13(2)34-24(37-38)25(26,27)28/h4-5,8-9,11-12,15H,3,6-7,10H2,1-2H3,(H2,29,32,33,35,36). The van der Waals surface area contributed by atoms with E-state index in [0.717, 1.165) is 41.8 Å². The van der Waals surface area contributed by atoms with Crippen molar-refractivity contribution >= 4 is 17.0 Å². The van der Waals surface area contributed by atoms with Crippen molar-refractivity contribution in [2.75, 3.05) is 5.32 Å². The monoisotopic (exact) mass is 520 g/mol. The van der Waals surface area contributed by atoms with Gasteiger partial charge in [0.25, 0.3) is 5.82 Å². The maximum absolute atomic E-state index is 13.0. The summed E-state index contributed by atoms with van der Waals surface area (Å²) in [6, 6.07) is 7.03. The van der Waals surface area contributed by atoms with Crippen molar-refractivity contribution in [3.63, 3.8) is 0 Å². The molecular formula is C25H23F3N10. The fourth-order valence-corrected chi connectivity index (χ4v) is 4.38. The number of hydrogen-bond donors (Lipinski definition) is 2. The third-order valence-electron chi connectivity index (χ3n) is 6.43. The Morgan fingerprint density at radius 2 is 1.84 bits per heavy atom. The highest BCUT2D eigenvalue weighted by Crippen LogP contribution is 2.43. The Hall–Kier alpha value is -4.42. The van der Waals surface area contributed by atoms with Crippen molar-refractivity contribution in [2.45, 2.75) is 51.7 Å². The van der Waals surface area contributed by atoms with Crippen LogP contribution in [0.5, 0.6) is 0 Å². The molecule has 0 aliphatic heterocycles. The van der Waals surface area contributed by atoms with Crippen LogP contribution in [0, 0.1) is 6.92 Å². The van der Waals surface area contributed by atoms with Crippen LogP contribution in [-0.4, -0.2) is 44.7 Å². The summed E-state index contributed by atoms with van der Waals surface area (Å²) in [5, 5.41) is 6.96. The number of benzene rings is 1. The van der Waals surface area contributed by atoms with Crippen LogP contribution in [0.4, 0.5) is 19.0 Å². The van der Waals surface area contributed by atoms with Crippen LogP contribution in [-0.2, 0) is 19.1 Å². The van der Waals surface area contributed by atoms with Crippen molar-refractivity contribution in [3.05, 3.63) is 65.5 Å². The Balaban J connectivity index is 1.28. The Bertz CT molecular complexity index is 1620. The van der Waals surface area contributed by atoms with E-state index >= 15 is 0 Å². The van der Waals surface area contributed by atoms with Crippen LogP contribution in [0.2, 0.25) is 0 Å². The minimum atomic E-state index is -4.60. The third kappa shape index (κ3) is 4.44. The molecule has 1 aliphatic carbocycles. The minimum absolute atomic E-state index is 0.153. The lowest BCUT2D eigenvalue weighted by molar-refractivity contribution is -0.144. The molecule has 0 spiro atoms. The summed E-state index contributed by atoms with van der Waals surface area (Å²) in [5.41, 5.74) is 5.33. The molecule has 4 heterocycles. The number of alkyl halides is 3. The minimum Gasteiger partial charge on any atom is -0.364 e. The smallest absolute Gasteiger partial charge is 0.364 e. The SMILES string of the molecule is CCc1ncnc(C2CC2)c1-c1nc(NCc2ccc(-n3nc(C(F)(F)F)nc3C)cc2)c2[nH]cnc2n1. The highest BCUT2D eigenvalue weighted by atomic mass is 19.4. The molecule has 1 aliphatic rings. The fraction of sp³-hybridized carbons (Fsp3) is 0.320. The number of fused-ring (bicyclic) bond motifs is 1. The zero-order chi connectivity index (χ0) is 26.4. The number of aryl methyl sites for hydroxylation is 2. The van der Waals surface area contributed by atoms with Gasteiger partial charge in [-0.15, -0.1) is 5.10 Å². The predicted octanol–water partition coefficient (Wildman–Crippen LogP) is 4.77. The topological polar surface area (TPSA) is 123 Å². The predicted molar refractivity (Wildman–Crippen MR) is 132 cm³/mol. The molecule has 0 bridgehead atoms. The van der Waals surface area contributed by atoms with E-state index in [4.69, 9.17) is 9.97 Å². The Morgan fingerprint density at radius 1 is 1.05 bits per heavy atom. The van der Waals surface area contributed by atoms with E-state index in [1.165, 1.54) is 11.6 Å². The number of H-pyrrole nitrogens is 1. The number of nitrogens with zero attached hydrogens (tertiary/aromatic N) is 8. The molecule has 5 aromatic rings. The Labute approximate surface area is 214 Å². The van der Waals surface area contributed by atoms with Crippen LogP contribution in [0.1, 0.15) is 54.3 Å². The summed E-state index contributed by atoms with van der Waals surface area (Å²) in [4.78, 5) is 29.6. The molecule has 1 saturated carbocycles. The molecule has 0 unspecified atom stereocenters. The molecule has 194 valence electrons. The number of rotatable bonds is 7. The van der Waals surface area contributed by atoms with E-state index in [9.17, 15) is 13.2 Å². The van der Waals surface area contributed by atoms with E-state index in [-0.39, 0.29) is 5.82 Å². The van der Waals surface area contributed by atoms with Crippen LogP contribution in [0.15, 0.2) is 36.9 Å². The average Bonchev–Trinajstić information content (AvgIpc) is 3.51. The van der Waals surface area contributed by atoms with E-state index in [1.807, 2.05) is 19.1 Å². The molecule has 10 nitrogen and oxygen atoms in total. The third-order valence-corrected chi connectivity index (χ3v) is 6.43. The molecule has 1 fully saturated rings. The summed E-state index contributed by atoms with van der Waals surface area (Å²) in [7, 11) is 0. The molecule has 2 N–H and O–H groups in total. The summed E-state index contributed by atoms with van der Waals surface area (Å²) < 4.78 is 40.1. The van der Waals surface area contributed by atoms with E-state index in [0.29, 0.717) is 41.0 Å². The van der Waals surface area contributed by atoms with Crippen molar-refractivity contribution in [1.29, 1.82) is 0 Å². The van der Waals surface area contributed by atoms with E-state index in [1.54, 1.807) is 24.8 Å². The molecule has 0 amide bonds. The fourth-order valence-electron chi connectivity index (χ4n) is 4.38. The second-order valence-electron chi connectivity index (χ2n) is 9.12. The first-order valence-corrected chi connectivity index (χ1v) is 12.2. The maximum atomic E-state index is 13.0. The molecule has 0 atom stereocenters. The first-order valence-electron chi connectivity index (χ1n) is 12.2. The van der Waals surface area contributed by atoms with Gasteiger partial charge in [-0.2, -0.15) is 13.2 Å². The van der Waals surface area contributed by atoms with Gasteiger partial charge in [-0.1, -0.05) is 19.1 Å². The lowest BCUT2D eigenvalue weighted by atomic mass is 10.1. The first-order chi connectivity index (χ1) is 18.3. The second-order valence-corrected chi connectivity index (χ2v) is 9.12. The van der Waals surface area contributed by atoms with E-state index < -0.39 is 12.0 Å². The number of anilines is 1. The quantitative estimate of drug-likeness (QED) is 0.315. The highest BCUT2D eigenvalue weighted by Gasteiger charge is 2.36. The van der Waals surface area contributed by atoms with Crippen LogP contribution in [0.25, 0.3) is 28.2 Å². The average molecular weight is 521 g/mol. The molecule has 4 aromatic heterocycles. The molecule has 6 rings (SSSR count). The molecule has 0 radical (unpaired) electrons. The highest BCUT2D eigenvalue weighted by molar-refractivity contribution is 5.85. The van der Waals surface area contributed by atoms with Crippen molar-refractivity contribution < 1.29 is 13.2 Å². The summed E-state index contributed by atoms with van der Waals surface area (Å²) >= 11 is 0. The largest absolute Gasteiger partial charge is 0.453 e. The molecular weight excluding hydrogens is 497 g/mol. The van der Waals surface area contributed by atoms with Gasteiger partial charge < -0.3 is 10.3 Å². The van der Waals surface area contributed by atoms with Gasteiger partial charge in [-0.05, 0) is 43.9 Å². The molecule has 38 heavy (non-hydrogen) atoms. The maximum Gasteiger partial charge on any atom is 0.453 e. The van der Waals surface area contributed by atoms with Crippen molar-refractivity contribution in [1.82, 2.24) is 44.7 Å². The van der Waals surface area contributed by atoms with Gasteiger partial charge in [-0.25, -0.2) is 34.6 Å². The normalized spacial score (nSPS) is 13.8. The van der Waals surface area contributed by atoms with Crippen LogP contribution < -0.4 is 5.32 Å². The summed E-state index contributed by atoms with van der Waals surface area (Å²) in [6.07, 6.45) is 1.48. The lowest BCUT2D eigenvalue weighted by Gasteiger charge is -2.13. The van der Waals surface area contributed by atoms with Crippen molar-refractivity contribution in [2.24, 2.45) is 0 Å². The van der Waals surface area contributed by atoms with Gasteiger partial charge in [0, 0.05) is 12.5 Å². The first kappa shape index (κ1) is 23.9. The zero-order valence-electron chi connectivity index (χ0n) is 20.6. The number of halogens is 3. The zero-order valence-corrected chi connectivity index (χ0v) is 20.6. The number of nitrogens with one attached hydrogen (secondary N) is 2. The second kappa shape index (κ2) is 9.15. The number of aromatic nitrogens is 9. The van der Waals surface area contributed by atoms with Crippen LogP contribution >= 0.6 is 0 Å². The summed E-state index contributed by atoms with van der Waals surface area (Å²) in [6.45, 7) is 3.94. The Kier molecular flexibility index (Phi) is 5.77. The number of aromatic amines is 1. The molecule has 1 aromatic carbocycles.